The molecule has 3 heterocycles. The number of nitrogens with zero attached hydrogens (tertiary/aromatic N) is 8. The van der Waals surface area contributed by atoms with Crippen molar-refractivity contribution in [3.05, 3.63) is 101 Å². The molecule has 1 saturated heterocycles. The number of aliphatic carboxylic acids is 5. The molecule has 40 heteroatoms. The van der Waals surface area contributed by atoms with Crippen LogP contribution < -0.4 is 42.4 Å². The van der Waals surface area contributed by atoms with Gasteiger partial charge in [-0.15, -0.1) is 15.3 Å². The smallest absolute Gasteiger partial charge is 0.326 e. The minimum absolute atomic E-state index is 0.00202. The van der Waals surface area contributed by atoms with E-state index in [2.05, 4.69) is 57.7 Å². The van der Waals surface area contributed by atoms with Crippen molar-refractivity contribution in [2.45, 2.75) is 124 Å². The minimum Gasteiger partial charge on any atom is -0.508 e. The number of anilines is 2. The van der Waals surface area contributed by atoms with E-state index in [1.165, 1.54) is 24.3 Å². The van der Waals surface area contributed by atoms with E-state index in [1.807, 2.05) is 19.1 Å². The number of carbonyl (C=O) groups excluding carboxylic acids is 4. The van der Waals surface area contributed by atoms with E-state index < -0.39 is 116 Å². The van der Waals surface area contributed by atoms with Crippen molar-refractivity contribution < 1.29 is 102 Å². The molecule has 0 bridgehead atoms. The number of aromatic nitrogens is 5. The molecule has 105 heavy (non-hydrogen) atoms. The third-order valence-corrected chi connectivity index (χ3v) is 19.1. The molecule has 5 aromatic rings. The first-order valence-corrected chi connectivity index (χ1v) is 36.2. The second-order valence-electron chi connectivity index (χ2n) is 24.9. The fourth-order valence-corrected chi connectivity index (χ4v) is 12.9. The lowest BCUT2D eigenvalue weighted by atomic mass is 9.73. The third kappa shape index (κ3) is 30.5. The quantitative estimate of drug-likeness (QED) is 0.0133. The van der Waals surface area contributed by atoms with E-state index in [4.69, 9.17) is 26.8 Å². The average molecular weight is 1530 g/mol. The van der Waals surface area contributed by atoms with Gasteiger partial charge in [-0.3, -0.25) is 52.9 Å². The molecule has 2 aromatic heterocycles. The number of carbonyl (C=O) groups is 9. The predicted octanol–water partition coefficient (Wildman–Crippen LogP) is -0.478. The summed E-state index contributed by atoms with van der Waals surface area (Å²) in [6.45, 7) is 3.37. The summed E-state index contributed by atoms with van der Waals surface area (Å²) in [5.41, 5.74) is 2.57. The maximum atomic E-state index is 13.7. The van der Waals surface area contributed by atoms with Gasteiger partial charge in [0, 0.05) is 82.1 Å². The van der Waals surface area contributed by atoms with Gasteiger partial charge < -0.3 is 87.5 Å². The van der Waals surface area contributed by atoms with Crippen LogP contribution in [0.15, 0.2) is 83.3 Å². The molecule has 3 aromatic carbocycles. The molecule has 6 rings (SSSR count). The van der Waals surface area contributed by atoms with Gasteiger partial charge in [0.2, 0.25) is 33.1 Å². The molecule has 17 N–H and O–H groups in total. The first-order chi connectivity index (χ1) is 49.9. The Morgan fingerprint density at radius 3 is 1.79 bits per heavy atom. The number of unbranched alkanes of at least 4 members (excludes halogenated alkanes) is 1. The van der Waals surface area contributed by atoms with Gasteiger partial charge in [0.05, 0.1) is 64.6 Å². The van der Waals surface area contributed by atoms with Gasteiger partial charge in [0.25, 0.3) is 10.0 Å². The highest BCUT2D eigenvalue weighted by Gasteiger charge is 2.34. The monoisotopic (exact) mass is 1530 g/mol. The van der Waals surface area contributed by atoms with Gasteiger partial charge >= 0.3 is 29.8 Å². The van der Waals surface area contributed by atoms with Crippen molar-refractivity contribution in [2.24, 2.45) is 5.14 Å². The number of sulfonamides is 1. The van der Waals surface area contributed by atoms with Crippen LogP contribution in [0.1, 0.15) is 87.1 Å². The number of thiocarbonyl (C=S) groups is 1. The number of aliphatic hydroxyl groups is 1. The van der Waals surface area contributed by atoms with Crippen LogP contribution in [0.25, 0.3) is 0 Å². The Morgan fingerprint density at radius 1 is 0.667 bits per heavy atom. The Bertz CT molecular complexity index is 3770. The van der Waals surface area contributed by atoms with E-state index in [9.17, 15) is 92.4 Å². The molecule has 5 atom stereocenters. The first-order valence-electron chi connectivity index (χ1n) is 33.4. The molecule has 4 amide bonds. The number of rotatable bonds is 45. The fraction of sp³-hybridized carbons (Fsp3) is 0.508. The SMILES string of the molecule is CC(CCC(=O)N[C@@H](CC(=O)N[C@@H](CC(=O)N[C@@H](CCCCn1cc(CCCC(O)Nc2nnc(S(N)(=O)=O)s2)nn1)C(=O)NCCOCCOCCNC(=S)Nc1ccc(CC2CN(CC(=O)O)CCN(CC(=O)O)CCN2CC(=O)O)cc1)C(=O)O)C(=O)O)(c1ccc(O)cc1)c1ccc(O)cc1. The van der Waals surface area contributed by atoms with E-state index >= 15 is 0 Å². The molecule has 2 unspecified atom stereocenters. The zero-order valence-electron chi connectivity index (χ0n) is 57.5. The summed E-state index contributed by atoms with van der Waals surface area (Å²) < 4.78 is 35.5. The number of hydrogen-bond donors (Lipinski definition) is 16. The van der Waals surface area contributed by atoms with Crippen LogP contribution in [0.3, 0.4) is 0 Å². The van der Waals surface area contributed by atoms with Gasteiger partial charge in [0.1, 0.15) is 35.9 Å². The van der Waals surface area contributed by atoms with Crippen molar-refractivity contribution in [1.29, 1.82) is 0 Å². The normalized spacial score (nSPS) is 15.1. The number of nitrogens with one attached hydrogen (secondary N) is 7. The van der Waals surface area contributed by atoms with Gasteiger partial charge in [-0.2, -0.15) is 0 Å². The van der Waals surface area contributed by atoms with E-state index in [1.54, 1.807) is 62.0 Å². The van der Waals surface area contributed by atoms with Gasteiger partial charge in [-0.1, -0.05) is 59.9 Å². The number of phenols is 2. The highest BCUT2D eigenvalue weighted by atomic mass is 32.2. The second-order valence-corrected chi connectivity index (χ2v) is 28.0. The van der Waals surface area contributed by atoms with Crippen molar-refractivity contribution in [1.82, 2.24) is 66.5 Å². The number of carboxylic acids is 5. The molecular weight excluding hydrogens is 1440 g/mol. The number of phenolic OH excluding ortho intramolecular Hbond substituents is 2. The standard InChI is InChI=1S/C65H90N16O21S3/c1-65(42-10-16-47(82)17-11-42,43-12-18-48(83)19-13-43)21-20-53(85)71-50(60(95)96)34-55(87)72-51(61(97)98)35-54(86)70-49(6-2-3-24-81-36-45(74-77-81)5-4-7-52(84)73-63-75-76-64(104-63)105(66,99)100)59(94)67-22-29-101-31-32-102-30-23-68-62(103)69-44-14-8-41(9-15-44)33-46-37-79(39-57(90)91)26-25-78(38-56(88)89)27-28-80(46)40-58(92)93/h8-19,36,46,49-52,82-84H,2-7,20-35,37-40H2,1H3,(H,67,94)(H,70,86)(H,71,85)(H,72,87)(H,73,75)(H,88,89)(H,90,91)(H,92,93)(H,95,96)(H,97,98)(H2,66,99,100)(H2,68,69,103)/t46?,49-,50-,51-,52?/m0/s1. The number of primary sulfonamides is 1. The molecule has 1 aliphatic heterocycles. The second kappa shape index (κ2) is 42.3. The molecule has 0 aliphatic carbocycles. The van der Waals surface area contributed by atoms with Crippen molar-refractivity contribution in [3.63, 3.8) is 0 Å². The van der Waals surface area contributed by atoms with Crippen LogP contribution in [0.2, 0.25) is 0 Å². The summed E-state index contributed by atoms with van der Waals surface area (Å²) in [4.78, 5) is 119. The number of ether oxygens (including phenoxy) is 2. The third-order valence-electron chi connectivity index (χ3n) is 16.7. The number of amides is 4. The number of aliphatic hydroxyl groups excluding tert-OH is 1. The number of aryl methyl sites for hydroxylation is 2. The van der Waals surface area contributed by atoms with Crippen LogP contribution in [-0.4, -0.2) is 270 Å². The van der Waals surface area contributed by atoms with Gasteiger partial charge in [0.15, 0.2) is 5.11 Å². The summed E-state index contributed by atoms with van der Waals surface area (Å²) in [6.07, 6.45) is 0.816. The Hall–Kier alpha value is -9.65. The summed E-state index contributed by atoms with van der Waals surface area (Å²) in [6, 6.07) is 14.4. The molecule has 0 saturated carbocycles. The van der Waals surface area contributed by atoms with Crippen LogP contribution in [0, 0.1) is 0 Å². The summed E-state index contributed by atoms with van der Waals surface area (Å²) in [7, 11) is -4.06. The number of aromatic hydroxyl groups is 2. The molecule has 37 nitrogen and oxygen atoms in total. The Kier molecular flexibility index (Phi) is 34.0. The van der Waals surface area contributed by atoms with Gasteiger partial charge in [-0.25, -0.2) is 23.1 Å². The van der Waals surface area contributed by atoms with Crippen LogP contribution in [0.5, 0.6) is 11.5 Å². The van der Waals surface area contributed by atoms with Crippen LogP contribution in [0.4, 0.5) is 10.8 Å². The number of nitrogens with two attached hydrogens (primary N) is 1. The molecule has 574 valence electrons. The summed E-state index contributed by atoms with van der Waals surface area (Å²) in [5, 5.41) is 119. The zero-order chi connectivity index (χ0) is 76.6. The molecule has 1 aliphatic rings. The lowest BCUT2D eigenvalue weighted by Gasteiger charge is -2.33. The van der Waals surface area contributed by atoms with Crippen LogP contribution in [-0.2, 0) is 87.4 Å². The van der Waals surface area contributed by atoms with Crippen LogP contribution >= 0.6 is 23.6 Å². The lowest BCUT2D eigenvalue weighted by molar-refractivity contribution is -0.145. The number of carboxylic acid groups (broad SMARTS) is 5. The lowest BCUT2D eigenvalue weighted by Crippen LogP contribution is -2.51. The maximum absolute atomic E-state index is 13.7. The topological polar surface area (TPSA) is 545 Å². The van der Waals surface area contributed by atoms with Crippen molar-refractivity contribution in [3.8, 4) is 11.5 Å². The predicted molar refractivity (Wildman–Crippen MR) is 380 cm³/mol. The summed E-state index contributed by atoms with van der Waals surface area (Å²) >= 11 is 6.13. The highest BCUT2D eigenvalue weighted by molar-refractivity contribution is 7.91. The van der Waals surface area contributed by atoms with Crippen molar-refractivity contribution in [2.75, 3.05) is 103 Å². The highest BCUT2D eigenvalue weighted by Crippen LogP contribution is 2.38. The maximum Gasteiger partial charge on any atom is 0.326 e. The zero-order valence-corrected chi connectivity index (χ0v) is 60.0. The number of hydrogen-bond acceptors (Lipinski definition) is 26. The van der Waals surface area contributed by atoms with E-state index in [0.717, 1.165) is 5.56 Å². The Morgan fingerprint density at radius 2 is 1.22 bits per heavy atom. The molecular formula is C65H90N16O21S3. The fourth-order valence-electron chi connectivity index (χ4n) is 11.3. The van der Waals surface area contributed by atoms with Gasteiger partial charge in [-0.05, 0) is 117 Å². The Balaban J connectivity index is 0.957. The van der Waals surface area contributed by atoms with E-state index in [0.29, 0.717) is 90.7 Å². The number of benzene rings is 3. The summed E-state index contributed by atoms with van der Waals surface area (Å²) in [5.74, 6) is -9.98. The largest absolute Gasteiger partial charge is 0.508 e. The Labute approximate surface area is 613 Å². The van der Waals surface area contributed by atoms with Crippen molar-refractivity contribution >= 4 is 103 Å². The average Bonchev–Trinajstić information content (AvgIpc) is 1.15. The minimum atomic E-state index is -4.06. The molecule has 0 radical (unpaired) electrons. The van der Waals surface area contributed by atoms with E-state index in [-0.39, 0.29) is 121 Å². The molecule has 1 fully saturated rings. The molecule has 0 spiro atoms. The first kappa shape index (κ1) is 84.3.